The quantitative estimate of drug-likeness (QED) is 0.457. The van der Waals surface area contributed by atoms with Gasteiger partial charge in [0.25, 0.3) is 0 Å². The third-order valence-electron chi connectivity index (χ3n) is 3.77. The van der Waals surface area contributed by atoms with Gasteiger partial charge >= 0.3 is 0 Å². The molecule has 1 heterocycles. The summed E-state index contributed by atoms with van der Waals surface area (Å²) >= 11 is 1.55. The number of thiazole rings is 1. The van der Waals surface area contributed by atoms with Crippen LogP contribution >= 0.6 is 11.3 Å². The Kier molecular flexibility index (Phi) is 3.38. The molecule has 0 atom stereocenters. The molecule has 3 aromatic carbocycles. The summed E-state index contributed by atoms with van der Waals surface area (Å²) in [5, 5.41) is 12.7. The van der Waals surface area contributed by atoms with Gasteiger partial charge in [0, 0.05) is 0 Å². The summed E-state index contributed by atoms with van der Waals surface area (Å²) in [5.74, 6) is 0. The van der Waals surface area contributed by atoms with E-state index in [1.807, 2.05) is 54.6 Å². The molecule has 0 radical (unpaired) electrons. The Bertz CT molecular complexity index is 1050. The first-order chi connectivity index (χ1) is 11.3. The Morgan fingerprint density at radius 3 is 2.61 bits per heavy atom. The first-order valence-corrected chi connectivity index (χ1v) is 8.12. The molecule has 3 heteroatoms. The lowest BCUT2D eigenvalue weighted by Gasteiger charge is -2.02. The highest BCUT2D eigenvalue weighted by atomic mass is 32.1. The molecule has 4 rings (SSSR count). The van der Waals surface area contributed by atoms with Crippen molar-refractivity contribution in [3.8, 4) is 6.07 Å². The Morgan fingerprint density at radius 1 is 0.957 bits per heavy atom. The molecule has 0 aliphatic carbocycles. The van der Waals surface area contributed by atoms with Gasteiger partial charge in [-0.15, -0.1) is 11.3 Å². The lowest BCUT2D eigenvalue weighted by atomic mass is 10.0. The maximum atomic E-state index is 9.59. The van der Waals surface area contributed by atoms with E-state index in [9.17, 15) is 5.26 Å². The fourth-order valence-corrected chi connectivity index (χ4v) is 3.59. The standard InChI is InChI=1S/C20H12N2S/c21-13-16(20-22-18-10-3-4-11-19(18)23-20)12-15-8-5-7-14-6-1-2-9-17(14)15/h1-12H/b16-12-. The van der Waals surface area contributed by atoms with Crippen molar-refractivity contribution in [2.45, 2.75) is 0 Å². The number of para-hydroxylation sites is 1. The second kappa shape index (κ2) is 5.68. The second-order valence-corrected chi connectivity index (χ2v) is 6.26. The van der Waals surface area contributed by atoms with Crippen LogP contribution in [0.15, 0.2) is 66.7 Å². The van der Waals surface area contributed by atoms with Gasteiger partial charge in [0.2, 0.25) is 0 Å². The van der Waals surface area contributed by atoms with Crippen molar-refractivity contribution in [1.82, 2.24) is 4.98 Å². The van der Waals surface area contributed by atoms with Gasteiger partial charge < -0.3 is 0 Å². The topological polar surface area (TPSA) is 36.7 Å². The van der Waals surface area contributed by atoms with Crippen LogP contribution in [0.3, 0.4) is 0 Å². The molecule has 0 spiro atoms. The summed E-state index contributed by atoms with van der Waals surface area (Å²) in [6.45, 7) is 0. The number of hydrogen-bond acceptors (Lipinski definition) is 3. The Labute approximate surface area is 138 Å². The predicted octanol–water partition coefficient (Wildman–Crippen LogP) is 5.51. The molecule has 0 saturated carbocycles. The normalized spacial score (nSPS) is 11.7. The highest BCUT2D eigenvalue weighted by Crippen LogP contribution is 2.29. The summed E-state index contributed by atoms with van der Waals surface area (Å²) in [7, 11) is 0. The van der Waals surface area contributed by atoms with E-state index in [0.29, 0.717) is 5.57 Å². The summed E-state index contributed by atoms with van der Waals surface area (Å²) in [6.07, 6.45) is 1.93. The maximum absolute atomic E-state index is 9.59. The monoisotopic (exact) mass is 312 g/mol. The zero-order valence-corrected chi connectivity index (χ0v) is 13.0. The Hall–Kier alpha value is -2.96. The van der Waals surface area contributed by atoms with Gasteiger partial charge in [-0.3, -0.25) is 0 Å². The number of fused-ring (bicyclic) bond motifs is 2. The fraction of sp³-hybridized carbons (Fsp3) is 0. The average Bonchev–Trinajstić information content (AvgIpc) is 3.03. The van der Waals surface area contributed by atoms with Gasteiger partial charge in [0.1, 0.15) is 11.1 Å². The first kappa shape index (κ1) is 13.7. The number of nitrogens with zero attached hydrogens (tertiary/aromatic N) is 2. The van der Waals surface area contributed by atoms with Crippen molar-refractivity contribution < 1.29 is 0 Å². The van der Waals surface area contributed by atoms with Crippen LogP contribution in [0, 0.1) is 11.3 Å². The second-order valence-electron chi connectivity index (χ2n) is 5.22. The summed E-state index contributed by atoms with van der Waals surface area (Å²) in [4.78, 5) is 4.59. The molecule has 0 aliphatic heterocycles. The van der Waals surface area contributed by atoms with E-state index in [-0.39, 0.29) is 0 Å². The Balaban J connectivity index is 1.88. The number of hydrogen-bond donors (Lipinski definition) is 0. The minimum Gasteiger partial charge on any atom is -0.235 e. The minimum absolute atomic E-state index is 0.600. The molecule has 0 saturated heterocycles. The summed E-state index contributed by atoms with van der Waals surface area (Å²) in [6, 6.07) is 24.6. The highest BCUT2D eigenvalue weighted by molar-refractivity contribution is 7.19. The molecule has 0 amide bonds. The summed E-state index contributed by atoms with van der Waals surface area (Å²) < 4.78 is 1.10. The number of aromatic nitrogens is 1. The van der Waals surface area contributed by atoms with Gasteiger partial charge in [0.05, 0.1) is 15.8 Å². The van der Waals surface area contributed by atoms with Crippen molar-refractivity contribution in [1.29, 1.82) is 5.26 Å². The molecular weight excluding hydrogens is 300 g/mol. The van der Waals surface area contributed by atoms with Crippen LogP contribution in [0.1, 0.15) is 10.6 Å². The van der Waals surface area contributed by atoms with Crippen LogP contribution in [0.25, 0.3) is 32.6 Å². The minimum atomic E-state index is 0.600. The van der Waals surface area contributed by atoms with Crippen LogP contribution < -0.4 is 0 Å². The molecule has 108 valence electrons. The smallest absolute Gasteiger partial charge is 0.135 e. The van der Waals surface area contributed by atoms with Crippen LogP contribution in [0.2, 0.25) is 0 Å². The molecule has 1 aromatic heterocycles. The summed E-state index contributed by atoms with van der Waals surface area (Å²) in [5.41, 5.74) is 2.58. The molecule has 23 heavy (non-hydrogen) atoms. The van der Waals surface area contributed by atoms with Gasteiger partial charge in [-0.1, -0.05) is 54.6 Å². The number of benzene rings is 3. The van der Waals surface area contributed by atoms with Gasteiger partial charge in [-0.25, -0.2) is 4.98 Å². The van der Waals surface area contributed by atoms with E-state index in [0.717, 1.165) is 26.2 Å². The van der Waals surface area contributed by atoms with E-state index in [1.54, 1.807) is 11.3 Å². The molecular formula is C20H12N2S. The van der Waals surface area contributed by atoms with E-state index < -0.39 is 0 Å². The molecule has 0 bridgehead atoms. The van der Waals surface area contributed by atoms with Gasteiger partial charge in [-0.05, 0) is 34.5 Å². The van der Waals surface area contributed by atoms with Crippen molar-refractivity contribution >= 4 is 44.0 Å². The van der Waals surface area contributed by atoms with Gasteiger partial charge in [0.15, 0.2) is 0 Å². The molecule has 0 aliphatic rings. The van der Waals surface area contributed by atoms with E-state index in [2.05, 4.69) is 29.3 Å². The molecule has 0 fully saturated rings. The number of allylic oxidation sites excluding steroid dienone is 1. The SMILES string of the molecule is N#C/C(=C/c1cccc2ccccc12)c1nc2ccccc2s1. The van der Waals surface area contributed by atoms with Gasteiger partial charge in [-0.2, -0.15) is 5.26 Å². The van der Waals surface area contributed by atoms with E-state index in [1.165, 1.54) is 5.39 Å². The predicted molar refractivity (Wildman–Crippen MR) is 97.1 cm³/mol. The third-order valence-corrected chi connectivity index (χ3v) is 4.84. The van der Waals surface area contributed by atoms with Crippen LogP contribution in [0.5, 0.6) is 0 Å². The molecule has 4 aromatic rings. The van der Waals surface area contributed by atoms with Crippen molar-refractivity contribution in [2.75, 3.05) is 0 Å². The first-order valence-electron chi connectivity index (χ1n) is 7.31. The third kappa shape index (κ3) is 2.50. The van der Waals surface area contributed by atoms with Crippen molar-refractivity contribution in [3.05, 3.63) is 77.3 Å². The number of nitriles is 1. The van der Waals surface area contributed by atoms with Crippen molar-refractivity contribution in [3.63, 3.8) is 0 Å². The van der Waals surface area contributed by atoms with E-state index in [4.69, 9.17) is 0 Å². The van der Waals surface area contributed by atoms with Crippen LogP contribution in [-0.4, -0.2) is 4.98 Å². The van der Waals surface area contributed by atoms with Crippen LogP contribution in [-0.2, 0) is 0 Å². The molecule has 0 unspecified atom stereocenters. The largest absolute Gasteiger partial charge is 0.235 e. The van der Waals surface area contributed by atoms with E-state index >= 15 is 0 Å². The average molecular weight is 312 g/mol. The molecule has 0 N–H and O–H groups in total. The Morgan fingerprint density at radius 2 is 1.74 bits per heavy atom. The number of rotatable bonds is 2. The lowest BCUT2D eigenvalue weighted by molar-refractivity contribution is 1.44. The molecule has 2 nitrogen and oxygen atoms in total. The fourth-order valence-electron chi connectivity index (χ4n) is 2.66. The highest BCUT2D eigenvalue weighted by Gasteiger charge is 2.09. The lowest BCUT2D eigenvalue weighted by Crippen LogP contribution is -1.82. The zero-order chi connectivity index (χ0) is 15.6. The zero-order valence-electron chi connectivity index (χ0n) is 12.2. The van der Waals surface area contributed by atoms with Crippen molar-refractivity contribution in [2.24, 2.45) is 0 Å². The maximum Gasteiger partial charge on any atom is 0.135 e. The van der Waals surface area contributed by atoms with Crippen LogP contribution in [0.4, 0.5) is 0 Å².